The van der Waals surface area contributed by atoms with E-state index in [0.717, 1.165) is 0 Å². The Labute approximate surface area is 279 Å². The number of β-lactam (4-membered cyclic amide) rings is 1. The first-order chi connectivity index (χ1) is 19.2. The zero-order chi connectivity index (χ0) is 28.2. The van der Waals surface area contributed by atoms with Crippen LogP contribution in [0, 0.1) is 0 Å². The predicted octanol–water partition coefficient (Wildman–Crippen LogP) is 0.296. The summed E-state index contributed by atoms with van der Waals surface area (Å²) in [5, 5.41) is 39.4. The molecule has 0 bridgehead atoms. The molecule has 2 aliphatic rings. The van der Waals surface area contributed by atoms with Crippen molar-refractivity contribution in [3.63, 3.8) is 0 Å². The molecule has 3 aromatic heterocycles. The average molecular weight is 602 g/mol. The molecule has 14 nitrogen and oxygen atoms in total. The zero-order valence-corrected chi connectivity index (χ0v) is 22.0. The second-order valence-corrected chi connectivity index (χ2v) is 11.7. The van der Waals surface area contributed by atoms with Crippen molar-refractivity contribution in [1.29, 1.82) is 0 Å². The first-order valence-corrected chi connectivity index (χ1v) is 13.1. The number of H-pyrrole nitrogens is 1. The van der Waals surface area contributed by atoms with E-state index in [2.05, 4.69) is 41.2 Å². The molecule has 4 atom stereocenters. The molecule has 5 heterocycles. The van der Waals surface area contributed by atoms with Crippen molar-refractivity contribution in [2.24, 2.45) is 0 Å². The number of thioether (sulfide) groups is 1. The SMILES string of the molecule is CC1(C)S[C@H]2C(NC(=O)C(NC(=O)c3cnc4cccnc4c3O)c3ccc(O)cc3)C(=O)N2C1c1nnn[nH]1.[KH]. The number of aromatic nitrogens is 6. The Kier molecular flexibility index (Phi) is 8.06. The topological polar surface area (TPSA) is 199 Å². The summed E-state index contributed by atoms with van der Waals surface area (Å²) in [5.41, 5.74) is 0.709. The van der Waals surface area contributed by atoms with Crippen LogP contribution in [0.15, 0.2) is 48.8 Å². The van der Waals surface area contributed by atoms with Gasteiger partial charge in [-0.25, -0.2) is 5.10 Å². The summed E-state index contributed by atoms with van der Waals surface area (Å²) >= 11 is 1.51. The maximum atomic E-state index is 13.6. The van der Waals surface area contributed by atoms with Crippen LogP contribution in [0.4, 0.5) is 0 Å². The summed E-state index contributed by atoms with van der Waals surface area (Å²) in [5.74, 6) is -1.69. The van der Waals surface area contributed by atoms with Crippen molar-refractivity contribution in [3.05, 3.63) is 65.7 Å². The molecule has 41 heavy (non-hydrogen) atoms. The Morgan fingerprint density at radius 1 is 1.15 bits per heavy atom. The number of amides is 3. The summed E-state index contributed by atoms with van der Waals surface area (Å²) in [4.78, 5) is 50.0. The Bertz CT molecular complexity index is 1640. The van der Waals surface area contributed by atoms with Crippen LogP contribution in [-0.4, -0.2) is 131 Å². The molecular weight excluding hydrogens is 577 g/mol. The normalized spacial score (nSPS) is 21.4. The van der Waals surface area contributed by atoms with Crippen molar-refractivity contribution in [2.45, 2.75) is 42.1 Å². The molecule has 2 fully saturated rings. The van der Waals surface area contributed by atoms with Gasteiger partial charge in [-0.1, -0.05) is 12.1 Å². The molecule has 2 saturated heterocycles. The standard InChI is InChI=1S/C25H23N9O5S.K.H/c1-25(2)19(20-30-32-33-31-20)34-23(39)17(24(34)40-25)29-22(38)15(11-5-7-12(35)8-6-11)28-21(37)13-10-27-14-4-3-9-26-16(14)18(13)36;;/h3-10,15,17,19,24,35H,1-2H3,(H,27,36)(H,28,37)(H,29,38)(H,30,31,32,33);;/t15?,17?,19?,24-;;/m0../s1. The third-order valence-corrected chi connectivity index (χ3v) is 8.54. The van der Waals surface area contributed by atoms with E-state index in [1.165, 1.54) is 48.4 Å². The van der Waals surface area contributed by atoms with Gasteiger partial charge in [0.15, 0.2) is 11.6 Å². The summed E-state index contributed by atoms with van der Waals surface area (Å²) in [6, 6.07) is 6.48. The minimum absolute atomic E-state index is 0. The van der Waals surface area contributed by atoms with Gasteiger partial charge in [-0.3, -0.25) is 24.4 Å². The molecule has 6 rings (SSSR count). The van der Waals surface area contributed by atoms with Crippen molar-refractivity contribution in [3.8, 4) is 11.5 Å². The number of benzene rings is 1. The number of hydrogen-bond acceptors (Lipinski definition) is 11. The van der Waals surface area contributed by atoms with Gasteiger partial charge in [-0.2, -0.15) is 0 Å². The number of aromatic hydroxyl groups is 2. The van der Waals surface area contributed by atoms with E-state index >= 15 is 0 Å². The third kappa shape index (κ3) is 5.19. The van der Waals surface area contributed by atoms with Crippen molar-refractivity contribution in [1.82, 2.24) is 46.1 Å². The molecule has 4 aromatic rings. The number of carbonyl (C=O) groups is 3. The Balaban J connectivity index is 0.00000337. The zero-order valence-electron chi connectivity index (χ0n) is 21.1. The van der Waals surface area contributed by atoms with E-state index in [1.807, 2.05) is 13.8 Å². The fraction of sp³-hybridized carbons (Fsp3) is 0.280. The maximum absolute atomic E-state index is 13.6. The second-order valence-electron chi connectivity index (χ2n) is 9.92. The summed E-state index contributed by atoms with van der Waals surface area (Å²) in [6.07, 6.45) is 2.66. The van der Waals surface area contributed by atoms with E-state index in [4.69, 9.17) is 0 Å². The van der Waals surface area contributed by atoms with Gasteiger partial charge in [0.2, 0.25) is 11.8 Å². The van der Waals surface area contributed by atoms with E-state index in [9.17, 15) is 24.6 Å². The number of nitrogens with one attached hydrogen (secondary N) is 3. The number of aromatic amines is 1. The first kappa shape index (κ1) is 29.3. The number of rotatable bonds is 6. The number of fused-ring (bicyclic) bond motifs is 2. The predicted molar refractivity (Wildman–Crippen MR) is 148 cm³/mol. The van der Waals surface area contributed by atoms with Gasteiger partial charge in [0.05, 0.1) is 5.52 Å². The van der Waals surface area contributed by atoms with E-state index in [-0.39, 0.29) is 85.2 Å². The Morgan fingerprint density at radius 2 is 1.90 bits per heavy atom. The summed E-state index contributed by atoms with van der Waals surface area (Å²) < 4.78 is -0.444. The molecule has 3 unspecified atom stereocenters. The van der Waals surface area contributed by atoms with Crippen LogP contribution in [0.3, 0.4) is 0 Å². The van der Waals surface area contributed by atoms with Crippen LogP contribution < -0.4 is 10.6 Å². The quantitative estimate of drug-likeness (QED) is 0.150. The molecule has 2 aliphatic heterocycles. The minimum atomic E-state index is -1.26. The second kappa shape index (κ2) is 11.3. The molecule has 206 valence electrons. The molecule has 0 radical (unpaired) electrons. The van der Waals surface area contributed by atoms with Crippen molar-refractivity contribution in [2.75, 3.05) is 0 Å². The number of tetrazole rings is 1. The fourth-order valence-corrected chi connectivity index (χ4v) is 6.69. The van der Waals surface area contributed by atoms with Gasteiger partial charge in [0, 0.05) is 17.1 Å². The number of pyridine rings is 2. The summed E-state index contributed by atoms with van der Waals surface area (Å²) in [6.45, 7) is 3.93. The van der Waals surface area contributed by atoms with Crippen LogP contribution >= 0.6 is 11.8 Å². The van der Waals surface area contributed by atoms with Gasteiger partial charge >= 0.3 is 51.4 Å². The molecule has 0 aliphatic carbocycles. The van der Waals surface area contributed by atoms with Crippen LogP contribution in [0.2, 0.25) is 0 Å². The molecule has 0 spiro atoms. The van der Waals surface area contributed by atoms with Crippen LogP contribution in [0.1, 0.15) is 47.7 Å². The third-order valence-electron chi connectivity index (χ3n) is 6.97. The van der Waals surface area contributed by atoms with Crippen molar-refractivity contribution >= 4 is 91.9 Å². The van der Waals surface area contributed by atoms with E-state index in [1.54, 1.807) is 17.0 Å². The van der Waals surface area contributed by atoms with Gasteiger partial charge in [-0.15, -0.1) is 16.9 Å². The average Bonchev–Trinajstić information content (AvgIpc) is 3.55. The molecule has 5 N–H and O–H groups in total. The molecule has 1 aromatic carbocycles. The molecule has 0 saturated carbocycles. The number of phenolic OH excluding ortho intramolecular Hbond substituents is 1. The molecule has 16 heteroatoms. The number of phenols is 1. The molecular formula is C25H24KN9O5S. The van der Waals surface area contributed by atoms with Gasteiger partial charge in [0.1, 0.15) is 40.3 Å². The van der Waals surface area contributed by atoms with Gasteiger partial charge in [0.25, 0.3) is 5.91 Å². The Morgan fingerprint density at radius 3 is 2.61 bits per heavy atom. The number of hydrogen-bond donors (Lipinski definition) is 5. The van der Waals surface area contributed by atoms with E-state index in [0.29, 0.717) is 16.9 Å². The number of nitrogens with zero attached hydrogens (tertiary/aromatic N) is 6. The summed E-state index contributed by atoms with van der Waals surface area (Å²) in [7, 11) is 0. The number of carbonyl (C=O) groups excluding carboxylic acids is 3. The van der Waals surface area contributed by atoms with E-state index < -0.39 is 34.7 Å². The Hall–Kier alpha value is -3.15. The first-order valence-electron chi connectivity index (χ1n) is 12.2. The van der Waals surface area contributed by atoms with Crippen molar-refractivity contribution < 1.29 is 24.6 Å². The van der Waals surface area contributed by atoms with Gasteiger partial charge in [-0.05, 0) is 54.1 Å². The van der Waals surface area contributed by atoms with Gasteiger partial charge < -0.3 is 25.7 Å². The van der Waals surface area contributed by atoms with Crippen LogP contribution in [0.5, 0.6) is 11.5 Å². The van der Waals surface area contributed by atoms with Crippen LogP contribution in [-0.2, 0) is 9.59 Å². The monoisotopic (exact) mass is 601 g/mol. The van der Waals surface area contributed by atoms with Crippen LogP contribution in [0.25, 0.3) is 11.0 Å². The fourth-order valence-electron chi connectivity index (χ4n) is 5.06. The molecule has 3 amide bonds.